The molecule has 21 heavy (non-hydrogen) atoms. The van der Waals surface area contributed by atoms with Crippen LogP contribution in [0.2, 0.25) is 0 Å². The number of methoxy groups -OCH3 is 1. The number of nitrogens with one attached hydrogen (secondary N) is 1. The van der Waals surface area contributed by atoms with Crippen molar-refractivity contribution in [2.45, 2.75) is 33.4 Å². The van der Waals surface area contributed by atoms with Gasteiger partial charge in [-0.25, -0.2) is 0 Å². The topological polar surface area (TPSA) is 39.7 Å². The van der Waals surface area contributed by atoms with Crippen LogP contribution in [0.3, 0.4) is 0 Å². The molecule has 120 valence electrons. The predicted molar refractivity (Wildman–Crippen MR) is 89.0 cm³/mol. The van der Waals surface area contributed by atoms with Gasteiger partial charge in [-0.15, -0.1) is 0 Å². The van der Waals surface area contributed by atoms with E-state index in [9.17, 15) is 0 Å². The lowest BCUT2D eigenvalue weighted by molar-refractivity contribution is 0.0549. The van der Waals surface area contributed by atoms with Crippen molar-refractivity contribution < 1.29 is 14.2 Å². The van der Waals surface area contributed by atoms with Gasteiger partial charge in [-0.05, 0) is 38.5 Å². The summed E-state index contributed by atoms with van der Waals surface area (Å²) in [6.07, 6.45) is 0.231. The first kappa shape index (κ1) is 18.4. The summed E-state index contributed by atoms with van der Waals surface area (Å²) in [5, 5.41) is 3.35. The van der Waals surface area contributed by atoms with Crippen molar-refractivity contribution in [3.05, 3.63) is 27.7 Å². The molecule has 0 unspecified atom stereocenters. The molecule has 0 amide bonds. The van der Waals surface area contributed by atoms with Crippen molar-refractivity contribution in [1.82, 2.24) is 5.32 Å². The fourth-order valence-electron chi connectivity index (χ4n) is 1.96. The van der Waals surface area contributed by atoms with Crippen molar-refractivity contribution in [3.8, 4) is 5.75 Å². The highest BCUT2D eigenvalue weighted by Gasteiger charge is 2.09. The lowest BCUT2D eigenvalue weighted by Crippen LogP contribution is -2.20. The van der Waals surface area contributed by atoms with Crippen molar-refractivity contribution in [2.24, 2.45) is 0 Å². The summed E-state index contributed by atoms with van der Waals surface area (Å²) in [6.45, 7) is 9.54. The minimum atomic E-state index is 0.231. The lowest BCUT2D eigenvalue weighted by atomic mass is 10.1. The quantitative estimate of drug-likeness (QED) is 0.650. The van der Waals surface area contributed by atoms with E-state index in [0.29, 0.717) is 19.8 Å². The Morgan fingerprint density at radius 2 is 1.95 bits per heavy atom. The van der Waals surface area contributed by atoms with E-state index in [2.05, 4.69) is 40.3 Å². The molecule has 0 aliphatic carbocycles. The second-order valence-electron chi connectivity index (χ2n) is 5.15. The largest absolute Gasteiger partial charge is 0.491 e. The normalized spacial score (nSPS) is 11.1. The van der Waals surface area contributed by atoms with Crippen LogP contribution in [-0.2, 0) is 16.0 Å². The van der Waals surface area contributed by atoms with Crippen LogP contribution < -0.4 is 10.1 Å². The molecule has 0 atom stereocenters. The smallest absolute Gasteiger partial charge is 0.126 e. The molecular formula is C16H26BrNO3. The van der Waals surface area contributed by atoms with Crippen molar-refractivity contribution in [1.29, 1.82) is 0 Å². The van der Waals surface area contributed by atoms with E-state index in [4.69, 9.17) is 14.2 Å². The zero-order chi connectivity index (χ0) is 15.7. The highest BCUT2D eigenvalue weighted by atomic mass is 79.9. The Balaban J connectivity index is 2.62. The number of benzene rings is 1. The van der Waals surface area contributed by atoms with Gasteiger partial charge in [0.25, 0.3) is 0 Å². The number of halogens is 1. The molecule has 0 radical (unpaired) electrons. The average molecular weight is 360 g/mol. The highest BCUT2D eigenvalue weighted by Crippen LogP contribution is 2.28. The summed E-state index contributed by atoms with van der Waals surface area (Å²) in [6, 6.07) is 4.16. The molecule has 0 saturated heterocycles. The van der Waals surface area contributed by atoms with Crippen molar-refractivity contribution >= 4 is 15.9 Å². The SMILES string of the molecule is COCCNCc1cc(Br)cc(C)c1OCCOC(C)C. The van der Waals surface area contributed by atoms with Gasteiger partial charge in [-0.1, -0.05) is 15.9 Å². The first-order chi connectivity index (χ1) is 10.0. The van der Waals surface area contributed by atoms with Gasteiger partial charge in [0.1, 0.15) is 12.4 Å². The van der Waals surface area contributed by atoms with Gasteiger partial charge < -0.3 is 19.5 Å². The lowest BCUT2D eigenvalue weighted by Gasteiger charge is -2.16. The maximum atomic E-state index is 5.91. The van der Waals surface area contributed by atoms with Crippen molar-refractivity contribution in [3.63, 3.8) is 0 Å². The molecule has 1 aromatic carbocycles. The Labute approximate surface area is 136 Å². The highest BCUT2D eigenvalue weighted by molar-refractivity contribution is 9.10. The number of hydrogen-bond acceptors (Lipinski definition) is 4. The van der Waals surface area contributed by atoms with Crippen LogP contribution in [0.15, 0.2) is 16.6 Å². The fourth-order valence-corrected chi connectivity index (χ4v) is 2.58. The molecule has 4 nitrogen and oxygen atoms in total. The van der Waals surface area contributed by atoms with Gasteiger partial charge in [0.05, 0.1) is 19.3 Å². The van der Waals surface area contributed by atoms with E-state index in [0.717, 1.165) is 34.4 Å². The summed E-state index contributed by atoms with van der Waals surface area (Å²) >= 11 is 3.54. The van der Waals surface area contributed by atoms with E-state index >= 15 is 0 Å². The van der Waals surface area contributed by atoms with Crippen LogP contribution in [-0.4, -0.2) is 39.6 Å². The second-order valence-corrected chi connectivity index (χ2v) is 6.06. The van der Waals surface area contributed by atoms with Gasteiger partial charge in [0, 0.05) is 30.2 Å². The molecule has 1 aromatic rings. The summed E-state index contributed by atoms with van der Waals surface area (Å²) in [5.74, 6) is 0.940. The molecule has 0 aliphatic heterocycles. The molecule has 0 aromatic heterocycles. The van der Waals surface area contributed by atoms with Gasteiger partial charge >= 0.3 is 0 Å². The minimum Gasteiger partial charge on any atom is -0.491 e. The van der Waals surface area contributed by atoms with E-state index in [1.165, 1.54) is 0 Å². The first-order valence-corrected chi connectivity index (χ1v) is 8.07. The second kappa shape index (κ2) is 10.2. The molecule has 0 heterocycles. The average Bonchev–Trinajstić information content (AvgIpc) is 2.41. The third kappa shape index (κ3) is 7.27. The van der Waals surface area contributed by atoms with Crippen LogP contribution in [0, 0.1) is 6.92 Å². The monoisotopic (exact) mass is 359 g/mol. The molecule has 1 N–H and O–H groups in total. The minimum absolute atomic E-state index is 0.231. The van der Waals surface area contributed by atoms with Crippen LogP contribution in [0.4, 0.5) is 0 Å². The van der Waals surface area contributed by atoms with Crippen LogP contribution in [0.25, 0.3) is 0 Å². The Kier molecular flexibility index (Phi) is 8.92. The Morgan fingerprint density at radius 3 is 2.62 bits per heavy atom. The maximum Gasteiger partial charge on any atom is 0.126 e. The maximum absolute atomic E-state index is 5.91. The van der Waals surface area contributed by atoms with E-state index in [1.807, 2.05) is 13.8 Å². The molecule has 0 fully saturated rings. The van der Waals surface area contributed by atoms with Gasteiger partial charge in [0.2, 0.25) is 0 Å². The summed E-state index contributed by atoms with van der Waals surface area (Å²) < 4.78 is 17.5. The summed E-state index contributed by atoms with van der Waals surface area (Å²) in [5.41, 5.74) is 2.26. The van der Waals surface area contributed by atoms with Crippen molar-refractivity contribution in [2.75, 3.05) is 33.5 Å². The van der Waals surface area contributed by atoms with Crippen LogP contribution >= 0.6 is 15.9 Å². The Hall–Kier alpha value is -0.620. The fraction of sp³-hybridized carbons (Fsp3) is 0.625. The van der Waals surface area contributed by atoms with Gasteiger partial charge in [-0.2, -0.15) is 0 Å². The van der Waals surface area contributed by atoms with Crippen LogP contribution in [0.1, 0.15) is 25.0 Å². The molecule has 1 rings (SSSR count). The van der Waals surface area contributed by atoms with E-state index < -0.39 is 0 Å². The van der Waals surface area contributed by atoms with Gasteiger partial charge in [0.15, 0.2) is 0 Å². The number of ether oxygens (including phenoxy) is 3. The zero-order valence-electron chi connectivity index (χ0n) is 13.4. The third-order valence-electron chi connectivity index (χ3n) is 2.90. The molecule has 5 heteroatoms. The third-order valence-corrected chi connectivity index (χ3v) is 3.35. The Bertz CT molecular complexity index is 424. The number of aryl methyl sites for hydroxylation is 1. The Morgan fingerprint density at radius 1 is 1.19 bits per heavy atom. The molecule has 0 aliphatic rings. The molecule has 0 saturated carbocycles. The number of hydrogen-bond donors (Lipinski definition) is 1. The zero-order valence-corrected chi connectivity index (χ0v) is 15.0. The van der Waals surface area contributed by atoms with Crippen LogP contribution in [0.5, 0.6) is 5.75 Å². The standard InChI is InChI=1S/C16H26BrNO3/c1-12(2)20-7-8-21-16-13(3)9-15(17)10-14(16)11-18-5-6-19-4/h9-10,12,18H,5-8,11H2,1-4H3. The molecule has 0 bridgehead atoms. The summed E-state index contributed by atoms with van der Waals surface area (Å²) in [4.78, 5) is 0. The van der Waals surface area contributed by atoms with E-state index in [1.54, 1.807) is 7.11 Å². The molecular weight excluding hydrogens is 334 g/mol. The van der Waals surface area contributed by atoms with E-state index in [-0.39, 0.29) is 6.10 Å². The predicted octanol–water partition coefficient (Wildman–Crippen LogP) is 3.30. The number of rotatable bonds is 10. The first-order valence-electron chi connectivity index (χ1n) is 7.27. The van der Waals surface area contributed by atoms with Gasteiger partial charge in [-0.3, -0.25) is 0 Å². The molecule has 0 spiro atoms. The summed E-state index contributed by atoms with van der Waals surface area (Å²) in [7, 11) is 1.70.